The van der Waals surface area contributed by atoms with Gasteiger partial charge in [-0.1, -0.05) is 152 Å². The van der Waals surface area contributed by atoms with E-state index in [1.165, 1.54) is 107 Å². The van der Waals surface area contributed by atoms with Gasteiger partial charge < -0.3 is 10.6 Å². The summed E-state index contributed by atoms with van der Waals surface area (Å²) in [6.45, 7) is 4.48. The van der Waals surface area contributed by atoms with E-state index in [0.29, 0.717) is 68.5 Å². The van der Waals surface area contributed by atoms with Crippen LogP contribution in [-0.2, 0) is 6.42 Å². The average Bonchev–Trinajstić information content (AvgIpc) is 3.65. The molecule has 0 aromatic heterocycles. The number of Topliss-reactive ketones (excluding diaryl/α,β-unsaturated/α-hetero) is 1. The van der Waals surface area contributed by atoms with E-state index in [9.17, 15) is 28.8 Å². The van der Waals surface area contributed by atoms with Crippen LogP contribution in [0.25, 0.3) is 43.1 Å². The number of nitrogens with one attached hydrogen (secondary N) is 2. The third-order valence-electron chi connectivity index (χ3n) is 16.5. The van der Waals surface area contributed by atoms with Gasteiger partial charge in [-0.3, -0.25) is 28.8 Å². The van der Waals surface area contributed by atoms with Crippen molar-refractivity contribution in [2.24, 2.45) is 0 Å². The minimum Gasteiger partial charge on any atom is -0.356 e. The molecule has 2 N–H and O–H groups in total. The molecule has 0 atom stereocenters. The van der Waals surface area contributed by atoms with Crippen molar-refractivity contribution in [3.8, 4) is 0 Å². The second-order valence-corrected chi connectivity index (χ2v) is 21.9. The van der Waals surface area contributed by atoms with Crippen LogP contribution in [-0.4, -0.2) is 41.9 Å². The molecular formula is C70H68N4O6. The van der Waals surface area contributed by atoms with E-state index in [4.69, 9.17) is 0 Å². The molecule has 0 spiro atoms. The van der Waals surface area contributed by atoms with Gasteiger partial charge in [-0.15, -0.1) is 0 Å². The summed E-state index contributed by atoms with van der Waals surface area (Å²) in [6.07, 6.45) is 21.7. The van der Waals surface area contributed by atoms with Crippen molar-refractivity contribution < 1.29 is 28.8 Å². The molecule has 80 heavy (non-hydrogen) atoms. The highest BCUT2D eigenvalue weighted by Gasteiger charge is 2.38. The zero-order chi connectivity index (χ0) is 55.3. The van der Waals surface area contributed by atoms with E-state index in [-0.39, 0.29) is 11.7 Å². The Kier molecular flexibility index (Phi) is 15.9. The number of fused-ring (bicyclic) bond motifs is 2. The first kappa shape index (κ1) is 53.5. The van der Waals surface area contributed by atoms with E-state index in [1.807, 2.05) is 84.9 Å². The molecule has 0 bridgehead atoms. The summed E-state index contributed by atoms with van der Waals surface area (Å²) >= 11 is 0. The monoisotopic (exact) mass is 1060 g/mol. The highest BCUT2D eigenvalue weighted by Crippen LogP contribution is 2.47. The molecule has 10 nitrogen and oxygen atoms in total. The molecular weight excluding hydrogens is 993 g/mol. The van der Waals surface area contributed by atoms with Crippen LogP contribution in [0.2, 0.25) is 0 Å². The van der Waals surface area contributed by atoms with Crippen LogP contribution < -0.4 is 20.4 Å². The Labute approximate surface area is 467 Å². The lowest BCUT2D eigenvalue weighted by atomic mass is 9.82. The molecule has 0 saturated carbocycles. The summed E-state index contributed by atoms with van der Waals surface area (Å²) in [6, 6.07) is 44.2. The van der Waals surface area contributed by atoms with Crippen LogP contribution >= 0.6 is 0 Å². The molecule has 11 rings (SSSR count). The van der Waals surface area contributed by atoms with Crippen molar-refractivity contribution in [1.82, 2.24) is 5.32 Å². The number of anilines is 4. The fourth-order valence-electron chi connectivity index (χ4n) is 12.1. The van der Waals surface area contributed by atoms with Gasteiger partial charge in [-0.2, -0.15) is 0 Å². The maximum Gasteiger partial charge on any atom is 0.265 e. The van der Waals surface area contributed by atoms with E-state index >= 15 is 0 Å². The molecule has 0 radical (unpaired) electrons. The summed E-state index contributed by atoms with van der Waals surface area (Å²) < 4.78 is 0. The number of amides is 5. The maximum atomic E-state index is 14.5. The summed E-state index contributed by atoms with van der Waals surface area (Å²) in [5, 5.41) is 12.4. The number of imide groups is 2. The van der Waals surface area contributed by atoms with Crippen LogP contribution in [0.15, 0.2) is 146 Å². The number of carbonyl (C=O) groups excluding carboxylic acids is 6. The number of hydrogen-bond donors (Lipinski definition) is 2. The van der Waals surface area contributed by atoms with Crippen molar-refractivity contribution in [3.63, 3.8) is 0 Å². The molecule has 2 heterocycles. The Hall–Kier alpha value is -8.50. The molecule has 5 amide bonds. The van der Waals surface area contributed by atoms with E-state index in [1.54, 1.807) is 60.7 Å². The fourth-order valence-corrected chi connectivity index (χ4v) is 12.1. The number of unbranched alkanes of at least 4 members (excludes halogenated alkanes) is 15. The van der Waals surface area contributed by atoms with Crippen molar-refractivity contribution in [1.29, 1.82) is 0 Å². The van der Waals surface area contributed by atoms with Crippen LogP contribution in [0.4, 0.5) is 22.7 Å². The molecule has 2 aliphatic rings. The van der Waals surface area contributed by atoms with Gasteiger partial charge >= 0.3 is 0 Å². The number of benzene rings is 9. The van der Waals surface area contributed by atoms with E-state index in [0.717, 1.165) is 67.7 Å². The number of carbonyl (C=O) groups is 6. The maximum absolute atomic E-state index is 14.5. The Morgan fingerprint density at radius 2 is 0.713 bits per heavy atom. The van der Waals surface area contributed by atoms with Gasteiger partial charge in [0.05, 0.1) is 11.4 Å². The second kappa shape index (κ2) is 23.8. The third kappa shape index (κ3) is 10.7. The highest BCUT2D eigenvalue weighted by molar-refractivity contribution is 6.45. The second-order valence-electron chi connectivity index (χ2n) is 21.9. The third-order valence-corrected chi connectivity index (χ3v) is 16.5. The van der Waals surface area contributed by atoms with Gasteiger partial charge in [0.1, 0.15) is 0 Å². The Bertz CT molecular complexity index is 3690. The van der Waals surface area contributed by atoms with Crippen molar-refractivity contribution in [2.75, 3.05) is 21.7 Å². The molecule has 0 saturated heterocycles. The molecule has 10 heteroatoms. The van der Waals surface area contributed by atoms with Crippen LogP contribution in [0, 0.1) is 0 Å². The molecule has 0 unspecified atom stereocenters. The smallest absolute Gasteiger partial charge is 0.265 e. The Morgan fingerprint density at radius 1 is 0.375 bits per heavy atom. The predicted octanol–water partition coefficient (Wildman–Crippen LogP) is 16.9. The van der Waals surface area contributed by atoms with Crippen molar-refractivity contribution >= 4 is 101 Å². The number of nitrogens with zero attached hydrogens (tertiary/aromatic N) is 2. The number of ketones is 1. The van der Waals surface area contributed by atoms with Crippen LogP contribution in [0.5, 0.6) is 0 Å². The van der Waals surface area contributed by atoms with Gasteiger partial charge in [0.15, 0.2) is 5.78 Å². The van der Waals surface area contributed by atoms with Gasteiger partial charge in [0.2, 0.25) is 0 Å². The topological polar surface area (TPSA) is 133 Å². The summed E-state index contributed by atoms with van der Waals surface area (Å²) in [4.78, 5) is 85.0. The molecule has 0 aliphatic carbocycles. The van der Waals surface area contributed by atoms with E-state index < -0.39 is 23.6 Å². The standard InChI is InChI=1S/C70H68N4O6/c1-3-4-5-6-7-8-9-10-11-12-13-14-15-16-17-18-43-71-66(76)49-23-19-46(20-24-49)44-47-21-31-52(32-22-47)73-67(77)58-39-35-54-56-37-41-60-65-61(42-38-57(63(56)65)55-36-40-59(68(73)78)64(58)62(54)55)70(80)74(69(60)79)53-33-29-51(30-34-53)72-50-27-25-48(26-28-50)45(2)75/h19-42,72H,3-18,43-44H2,1-2H3,(H,71,76). The predicted molar refractivity (Wildman–Crippen MR) is 324 cm³/mol. The van der Waals surface area contributed by atoms with Crippen LogP contribution in [0.3, 0.4) is 0 Å². The molecule has 9 aromatic rings. The quantitative estimate of drug-likeness (QED) is 0.0191. The van der Waals surface area contributed by atoms with Gasteiger partial charge in [0, 0.05) is 62.1 Å². The number of rotatable bonds is 25. The number of hydrogen-bond acceptors (Lipinski definition) is 7. The lowest BCUT2D eigenvalue weighted by Crippen LogP contribution is -2.40. The fraction of sp³-hybridized carbons (Fsp3) is 0.286. The first-order chi connectivity index (χ1) is 39.1. The lowest BCUT2D eigenvalue weighted by Gasteiger charge is -2.30. The van der Waals surface area contributed by atoms with Gasteiger partial charge in [0.25, 0.3) is 29.5 Å². The first-order valence-electron chi connectivity index (χ1n) is 29.0. The van der Waals surface area contributed by atoms with Crippen molar-refractivity contribution in [2.45, 2.75) is 123 Å². The Morgan fingerprint density at radius 3 is 1.10 bits per heavy atom. The lowest BCUT2D eigenvalue weighted by molar-refractivity contribution is 0.0877. The largest absolute Gasteiger partial charge is 0.356 e. The summed E-state index contributed by atoms with van der Waals surface area (Å²) in [5.74, 6) is -1.77. The molecule has 0 fully saturated rings. The summed E-state index contributed by atoms with van der Waals surface area (Å²) in [5.41, 5.74) is 7.37. The average molecular weight is 1060 g/mol. The zero-order valence-corrected chi connectivity index (χ0v) is 45.9. The SMILES string of the molecule is CCCCCCCCCCCCCCCCCCNC(=O)c1ccc(Cc2ccc(N3C(=O)c4ccc5c6ccc7c8c(ccc(c9ccc(c4c59)C3=O)c86)C(=O)N(c3ccc(Nc4ccc(C(C)=O)cc4)cc3)C7=O)cc2)cc1. The van der Waals surface area contributed by atoms with E-state index in [2.05, 4.69) is 17.6 Å². The molecule has 9 aromatic carbocycles. The Balaban J connectivity index is 0.710. The van der Waals surface area contributed by atoms with Gasteiger partial charge in [-0.05, 0) is 160 Å². The zero-order valence-electron chi connectivity index (χ0n) is 45.9. The highest BCUT2D eigenvalue weighted by atomic mass is 16.2. The molecule has 2 aliphatic heterocycles. The summed E-state index contributed by atoms with van der Waals surface area (Å²) in [7, 11) is 0. The van der Waals surface area contributed by atoms with Crippen LogP contribution in [0.1, 0.15) is 190 Å². The minimum atomic E-state index is -0.433. The van der Waals surface area contributed by atoms with Crippen molar-refractivity contribution in [3.05, 3.63) is 190 Å². The molecule has 404 valence electrons. The van der Waals surface area contributed by atoms with Gasteiger partial charge in [-0.25, -0.2) is 9.80 Å². The first-order valence-corrected chi connectivity index (χ1v) is 29.0. The normalized spacial score (nSPS) is 13.2. The minimum absolute atomic E-state index is 0.0140.